The third kappa shape index (κ3) is 5.95. The Bertz CT molecular complexity index is 1500. The monoisotopic (exact) mass is 519 g/mol. The highest BCUT2D eigenvalue weighted by molar-refractivity contribution is 5.87. The maximum Gasteiger partial charge on any atom is 0.417 e. The molecule has 0 aliphatic heterocycles. The second-order valence-corrected chi connectivity index (χ2v) is 8.40. The van der Waals surface area contributed by atoms with E-state index < -0.39 is 23.6 Å². The number of nitrogens with two attached hydrogens (primary N) is 1. The van der Waals surface area contributed by atoms with Crippen molar-refractivity contribution in [2.45, 2.75) is 18.5 Å². The minimum atomic E-state index is -4.59. The van der Waals surface area contributed by atoms with Gasteiger partial charge in [0.15, 0.2) is 0 Å². The molecular formula is C28H21F4N5O. The van der Waals surface area contributed by atoms with Crippen LogP contribution in [0.3, 0.4) is 0 Å². The summed E-state index contributed by atoms with van der Waals surface area (Å²) in [6.07, 6.45) is -3.53. The van der Waals surface area contributed by atoms with Crippen molar-refractivity contribution in [2.75, 3.05) is 11.9 Å². The predicted molar refractivity (Wildman–Crippen MR) is 133 cm³/mol. The van der Waals surface area contributed by atoms with Crippen LogP contribution in [0.1, 0.15) is 33.9 Å². The summed E-state index contributed by atoms with van der Waals surface area (Å²) < 4.78 is 52.7. The highest BCUT2D eigenvalue weighted by atomic mass is 19.4. The fourth-order valence-electron chi connectivity index (χ4n) is 4.02. The molecule has 1 atom stereocenters. The van der Waals surface area contributed by atoms with Crippen molar-refractivity contribution in [3.63, 3.8) is 0 Å². The standard InChI is InChI=1S/C28H21F4N5O/c29-20-6-3-4-17(14-20)12-13-35-27-22(9-11-23(37-27)21-7-2-1-5-18(21)15-33)25(26(34)38)24-10-8-19(16-36-24)28(30,31)32/h1-11,14,16,25H,12-13H2,(H2,34,38)(H,35,37). The number of halogens is 4. The van der Waals surface area contributed by atoms with Crippen LogP contribution in [0, 0.1) is 17.1 Å². The number of carbonyl (C=O) groups is 1. The minimum Gasteiger partial charge on any atom is -0.369 e. The lowest BCUT2D eigenvalue weighted by atomic mass is 9.93. The molecule has 0 saturated heterocycles. The quantitative estimate of drug-likeness (QED) is 0.302. The van der Waals surface area contributed by atoms with Crippen LogP contribution < -0.4 is 11.1 Å². The number of amides is 1. The van der Waals surface area contributed by atoms with Gasteiger partial charge in [0, 0.05) is 23.9 Å². The number of rotatable bonds is 8. The number of anilines is 1. The maximum atomic E-state index is 13.6. The smallest absolute Gasteiger partial charge is 0.369 e. The van der Waals surface area contributed by atoms with E-state index in [2.05, 4.69) is 21.4 Å². The van der Waals surface area contributed by atoms with E-state index in [0.717, 1.165) is 17.7 Å². The van der Waals surface area contributed by atoms with Crippen molar-refractivity contribution in [1.82, 2.24) is 9.97 Å². The number of nitriles is 1. The molecule has 10 heteroatoms. The lowest BCUT2D eigenvalue weighted by molar-refractivity contribution is -0.137. The van der Waals surface area contributed by atoms with Crippen molar-refractivity contribution >= 4 is 11.7 Å². The zero-order chi connectivity index (χ0) is 27.3. The van der Waals surface area contributed by atoms with E-state index in [9.17, 15) is 27.6 Å². The molecule has 0 radical (unpaired) electrons. The van der Waals surface area contributed by atoms with Gasteiger partial charge in [-0.3, -0.25) is 9.78 Å². The summed E-state index contributed by atoms with van der Waals surface area (Å²) in [7, 11) is 0. The van der Waals surface area contributed by atoms with Crippen LogP contribution in [-0.2, 0) is 17.4 Å². The average Bonchev–Trinajstić information content (AvgIpc) is 2.89. The van der Waals surface area contributed by atoms with Gasteiger partial charge >= 0.3 is 6.18 Å². The SMILES string of the molecule is N#Cc1ccccc1-c1ccc(C(C(N)=O)c2ccc(C(F)(F)F)cn2)c(NCCc2cccc(F)c2)n1. The summed E-state index contributed by atoms with van der Waals surface area (Å²) in [6, 6.07) is 20.1. The van der Waals surface area contributed by atoms with Gasteiger partial charge in [-0.25, -0.2) is 9.37 Å². The highest BCUT2D eigenvalue weighted by Crippen LogP contribution is 2.34. The number of pyridine rings is 2. The average molecular weight is 520 g/mol. The summed E-state index contributed by atoms with van der Waals surface area (Å²) in [5.74, 6) is -2.19. The van der Waals surface area contributed by atoms with Gasteiger partial charge in [0.1, 0.15) is 17.6 Å². The Hall–Kier alpha value is -4.78. The minimum absolute atomic E-state index is 0.0191. The third-order valence-electron chi connectivity index (χ3n) is 5.85. The molecule has 2 aromatic carbocycles. The van der Waals surface area contributed by atoms with Crippen molar-refractivity contribution in [3.8, 4) is 17.3 Å². The molecule has 0 bridgehead atoms. The lowest BCUT2D eigenvalue weighted by Gasteiger charge is -2.19. The molecule has 6 nitrogen and oxygen atoms in total. The molecule has 4 aromatic rings. The van der Waals surface area contributed by atoms with E-state index in [0.29, 0.717) is 41.5 Å². The molecule has 0 aliphatic rings. The molecule has 1 amide bonds. The van der Waals surface area contributed by atoms with E-state index in [-0.39, 0.29) is 17.3 Å². The van der Waals surface area contributed by atoms with Crippen LogP contribution >= 0.6 is 0 Å². The number of benzene rings is 2. The van der Waals surface area contributed by atoms with Gasteiger partial charge in [0.05, 0.1) is 28.6 Å². The normalized spacial score (nSPS) is 12.0. The largest absolute Gasteiger partial charge is 0.417 e. The summed E-state index contributed by atoms with van der Waals surface area (Å²) in [5, 5.41) is 12.6. The van der Waals surface area contributed by atoms with E-state index in [1.807, 2.05) is 0 Å². The van der Waals surface area contributed by atoms with Gasteiger partial charge in [0.25, 0.3) is 0 Å². The fraction of sp³-hybridized carbons (Fsp3) is 0.143. The Labute approximate surface area is 215 Å². The number of primary amides is 1. The van der Waals surface area contributed by atoms with Crippen molar-refractivity contribution in [1.29, 1.82) is 5.26 Å². The topological polar surface area (TPSA) is 105 Å². The molecule has 3 N–H and O–H groups in total. The molecule has 38 heavy (non-hydrogen) atoms. The first-order valence-corrected chi connectivity index (χ1v) is 11.5. The van der Waals surface area contributed by atoms with Crippen LogP contribution in [-0.4, -0.2) is 22.4 Å². The van der Waals surface area contributed by atoms with Gasteiger partial charge in [-0.15, -0.1) is 0 Å². The number of hydrogen-bond donors (Lipinski definition) is 2. The van der Waals surface area contributed by atoms with Crippen LogP contribution in [0.4, 0.5) is 23.4 Å². The molecule has 192 valence electrons. The molecule has 1 unspecified atom stereocenters. The van der Waals surface area contributed by atoms with Crippen molar-refractivity contribution < 1.29 is 22.4 Å². The molecule has 4 rings (SSSR count). The van der Waals surface area contributed by atoms with Crippen LogP contribution in [0.5, 0.6) is 0 Å². The van der Waals surface area contributed by atoms with Crippen LogP contribution in [0.25, 0.3) is 11.3 Å². The van der Waals surface area contributed by atoms with E-state index in [1.54, 1.807) is 48.5 Å². The number of aromatic nitrogens is 2. The molecule has 0 spiro atoms. The second kappa shape index (κ2) is 11.1. The molecule has 0 saturated carbocycles. The predicted octanol–water partition coefficient (Wildman–Crippen LogP) is 5.44. The Morgan fingerprint density at radius 1 is 1.05 bits per heavy atom. The van der Waals surface area contributed by atoms with Gasteiger partial charge < -0.3 is 11.1 Å². The van der Waals surface area contributed by atoms with Gasteiger partial charge in [0.2, 0.25) is 5.91 Å². The van der Waals surface area contributed by atoms with Gasteiger partial charge in [-0.1, -0.05) is 36.4 Å². The number of nitrogens with one attached hydrogen (secondary N) is 1. The number of alkyl halides is 3. The van der Waals surface area contributed by atoms with E-state index in [1.165, 1.54) is 12.1 Å². The Balaban J connectivity index is 1.75. The molecule has 0 aliphatic carbocycles. The van der Waals surface area contributed by atoms with E-state index >= 15 is 0 Å². The lowest BCUT2D eigenvalue weighted by Crippen LogP contribution is -2.25. The maximum absolute atomic E-state index is 13.6. The summed E-state index contributed by atoms with van der Waals surface area (Å²) >= 11 is 0. The van der Waals surface area contributed by atoms with Crippen LogP contribution in [0.2, 0.25) is 0 Å². The zero-order valence-corrected chi connectivity index (χ0v) is 19.8. The van der Waals surface area contributed by atoms with E-state index in [4.69, 9.17) is 5.73 Å². The highest BCUT2D eigenvalue weighted by Gasteiger charge is 2.32. The van der Waals surface area contributed by atoms with Gasteiger partial charge in [-0.2, -0.15) is 18.4 Å². The molecule has 2 heterocycles. The number of nitrogens with zero attached hydrogens (tertiary/aromatic N) is 3. The fourth-order valence-corrected chi connectivity index (χ4v) is 4.02. The first-order chi connectivity index (χ1) is 18.2. The van der Waals surface area contributed by atoms with Crippen LogP contribution in [0.15, 0.2) is 79.0 Å². The molecule has 2 aromatic heterocycles. The Morgan fingerprint density at radius 2 is 1.84 bits per heavy atom. The van der Waals surface area contributed by atoms with Gasteiger partial charge in [-0.05, 0) is 48.4 Å². The Kier molecular flexibility index (Phi) is 7.67. The summed E-state index contributed by atoms with van der Waals surface area (Å²) in [4.78, 5) is 21.0. The Morgan fingerprint density at radius 3 is 2.50 bits per heavy atom. The zero-order valence-electron chi connectivity index (χ0n) is 19.8. The molecule has 0 fully saturated rings. The third-order valence-corrected chi connectivity index (χ3v) is 5.85. The first kappa shape index (κ1) is 26.3. The molecular weight excluding hydrogens is 498 g/mol. The van der Waals surface area contributed by atoms with Crippen molar-refractivity contribution in [2.24, 2.45) is 5.73 Å². The van der Waals surface area contributed by atoms with Crippen molar-refractivity contribution in [3.05, 3.63) is 113 Å². The number of carbonyl (C=O) groups excluding carboxylic acids is 1. The summed E-state index contributed by atoms with van der Waals surface area (Å²) in [6.45, 7) is 0.290. The first-order valence-electron chi connectivity index (χ1n) is 11.5. The number of hydrogen-bond acceptors (Lipinski definition) is 5. The summed E-state index contributed by atoms with van der Waals surface area (Å²) in [5.41, 5.74) is 7.13. The second-order valence-electron chi connectivity index (χ2n) is 8.40.